The van der Waals surface area contributed by atoms with E-state index in [0.29, 0.717) is 13.1 Å². The van der Waals surface area contributed by atoms with Crippen molar-refractivity contribution in [1.82, 2.24) is 4.90 Å². The summed E-state index contributed by atoms with van der Waals surface area (Å²) in [5.41, 5.74) is 2.27. The van der Waals surface area contributed by atoms with Gasteiger partial charge < -0.3 is 4.90 Å². The Kier molecular flexibility index (Phi) is 4.28. The fourth-order valence-corrected chi connectivity index (χ4v) is 2.48. The molecule has 2 rings (SSSR count). The summed E-state index contributed by atoms with van der Waals surface area (Å²) in [7, 11) is 0. The molecule has 0 N–H and O–H groups in total. The lowest BCUT2D eigenvalue weighted by atomic mass is 10.1. The van der Waals surface area contributed by atoms with Crippen molar-refractivity contribution in [3.05, 3.63) is 35.4 Å². The first-order chi connectivity index (χ1) is 8.67. The lowest BCUT2D eigenvalue weighted by Gasteiger charge is -2.22. The van der Waals surface area contributed by atoms with Crippen molar-refractivity contribution in [1.29, 1.82) is 0 Å². The van der Waals surface area contributed by atoms with E-state index < -0.39 is 5.38 Å². The van der Waals surface area contributed by atoms with Crippen molar-refractivity contribution >= 4 is 17.5 Å². The van der Waals surface area contributed by atoms with Crippen molar-refractivity contribution in [3.63, 3.8) is 0 Å². The van der Waals surface area contributed by atoms with Crippen LogP contribution < -0.4 is 0 Å². The summed E-state index contributed by atoms with van der Waals surface area (Å²) in [4.78, 5) is 13.9. The Bertz CT molecular complexity index is 407. The van der Waals surface area contributed by atoms with Gasteiger partial charge in [-0.15, -0.1) is 11.6 Å². The largest absolute Gasteiger partial charge is 0.342 e. The zero-order valence-corrected chi connectivity index (χ0v) is 11.8. The van der Waals surface area contributed by atoms with Gasteiger partial charge in [0, 0.05) is 13.1 Å². The second-order valence-corrected chi connectivity index (χ2v) is 5.25. The highest BCUT2D eigenvalue weighted by molar-refractivity contribution is 6.30. The van der Waals surface area contributed by atoms with Crippen LogP contribution in [0, 0.1) is 0 Å². The van der Waals surface area contributed by atoms with Crippen LogP contribution in [0.4, 0.5) is 0 Å². The fraction of sp³-hybridized carbons (Fsp3) is 0.533. The third-order valence-corrected chi connectivity index (χ3v) is 4.01. The van der Waals surface area contributed by atoms with Crippen LogP contribution in [-0.4, -0.2) is 23.9 Å². The molecule has 0 aromatic heterocycles. The highest BCUT2D eigenvalue weighted by atomic mass is 35.5. The van der Waals surface area contributed by atoms with Gasteiger partial charge >= 0.3 is 0 Å². The van der Waals surface area contributed by atoms with Gasteiger partial charge in [0.05, 0.1) is 0 Å². The quantitative estimate of drug-likeness (QED) is 0.743. The van der Waals surface area contributed by atoms with Gasteiger partial charge in [-0.1, -0.05) is 24.3 Å². The van der Waals surface area contributed by atoms with E-state index in [0.717, 1.165) is 11.5 Å². The van der Waals surface area contributed by atoms with Gasteiger partial charge in [-0.3, -0.25) is 4.79 Å². The molecule has 1 aromatic rings. The van der Waals surface area contributed by atoms with E-state index in [1.54, 1.807) is 4.90 Å². The number of alkyl halides is 1. The van der Waals surface area contributed by atoms with Crippen LogP contribution in [0.5, 0.6) is 0 Å². The van der Waals surface area contributed by atoms with Crippen LogP contribution >= 0.6 is 11.6 Å². The molecule has 2 nitrogen and oxygen atoms in total. The minimum Gasteiger partial charge on any atom is -0.342 e. The van der Waals surface area contributed by atoms with Crippen LogP contribution in [-0.2, 0) is 4.79 Å². The van der Waals surface area contributed by atoms with Crippen LogP contribution in [0.15, 0.2) is 24.3 Å². The first-order valence-electron chi connectivity index (χ1n) is 6.70. The Hall–Kier alpha value is -1.02. The summed E-state index contributed by atoms with van der Waals surface area (Å²) in [5, 5.41) is -0.557. The summed E-state index contributed by atoms with van der Waals surface area (Å²) in [5.74, 6) is 0.743. The zero-order valence-electron chi connectivity index (χ0n) is 11.0. The van der Waals surface area contributed by atoms with Crippen molar-refractivity contribution in [2.75, 3.05) is 13.1 Å². The monoisotopic (exact) mass is 265 g/mol. The molecule has 1 saturated carbocycles. The minimum absolute atomic E-state index is 0.000776. The molecule has 0 aliphatic heterocycles. The van der Waals surface area contributed by atoms with Crippen molar-refractivity contribution in [2.24, 2.45) is 0 Å². The van der Waals surface area contributed by atoms with Gasteiger partial charge in [0.25, 0.3) is 0 Å². The van der Waals surface area contributed by atoms with Crippen LogP contribution in [0.2, 0.25) is 0 Å². The molecule has 3 heteroatoms. The number of rotatable bonds is 5. The maximum Gasteiger partial charge on any atom is 0.245 e. The Morgan fingerprint density at radius 1 is 1.28 bits per heavy atom. The topological polar surface area (TPSA) is 20.3 Å². The molecule has 0 spiro atoms. The summed E-state index contributed by atoms with van der Waals surface area (Å²) < 4.78 is 0. The number of benzene rings is 1. The molecule has 1 fully saturated rings. The van der Waals surface area contributed by atoms with Gasteiger partial charge in [-0.2, -0.15) is 0 Å². The predicted molar refractivity (Wildman–Crippen MR) is 74.9 cm³/mol. The van der Waals surface area contributed by atoms with Crippen LogP contribution in [0.3, 0.4) is 0 Å². The molecule has 18 heavy (non-hydrogen) atoms. The van der Waals surface area contributed by atoms with E-state index in [9.17, 15) is 4.79 Å². The van der Waals surface area contributed by atoms with E-state index in [1.165, 1.54) is 18.4 Å². The molecular formula is C15H20ClNO. The van der Waals surface area contributed by atoms with Gasteiger partial charge in [0.2, 0.25) is 5.91 Å². The molecule has 98 valence electrons. The Labute approximate surface area is 114 Å². The Morgan fingerprint density at radius 3 is 2.28 bits per heavy atom. The molecule has 1 aliphatic carbocycles. The van der Waals surface area contributed by atoms with Crippen LogP contribution in [0.25, 0.3) is 0 Å². The minimum atomic E-state index is -0.557. The number of hydrogen-bond acceptors (Lipinski definition) is 1. The van der Waals surface area contributed by atoms with Crippen LogP contribution in [0.1, 0.15) is 49.1 Å². The number of likely N-dealkylation sites (N-methyl/N-ethyl adjacent to an activating group) is 1. The lowest BCUT2D eigenvalue weighted by molar-refractivity contribution is -0.130. The lowest BCUT2D eigenvalue weighted by Crippen LogP contribution is -2.33. The average Bonchev–Trinajstić information content (AvgIpc) is 3.24. The molecule has 1 aliphatic rings. The maximum absolute atomic E-state index is 12.1. The predicted octanol–water partition coefficient (Wildman–Crippen LogP) is 3.71. The molecule has 0 bridgehead atoms. The number of amides is 1. The number of carbonyl (C=O) groups excluding carboxylic acids is 1. The standard InChI is InChI=1S/C15H20ClNO/c1-3-17(4-2)15(18)14(16)13-9-7-12(8-10-13)11-5-6-11/h7-11,14H,3-6H2,1-2H3. The Morgan fingerprint density at radius 2 is 1.83 bits per heavy atom. The number of carbonyl (C=O) groups is 1. The molecular weight excluding hydrogens is 246 g/mol. The van der Waals surface area contributed by atoms with E-state index in [1.807, 2.05) is 26.0 Å². The van der Waals surface area contributed by atoms with Crippen molar-refractivity contribution in [2.45, 2.75) is 38.0 Å². The second kappa shape index (κ2) is 5.75. The highest BCUT2D eigenvalue weighted by Gasteiger charge is 2.25. The number of halogens is 1. The molecule has 1 atom stereocenters. The molecule has 0 heterocycles. The number of nitrogens with zero attached hydrogens (tertiary/aromatic N) is 1. The number of hydrogen-bond donors (Lipinski definition) is 0. The third-order valence-electron chi connectivity index (χ3n) is 3.57. The molecule has 1 unspecified atom stereocenters. The van der Waals surface area contributed by atoms with E-state index in [4.69, 9.17) is 11.6 Å². The summed E-state index contributed by atoms with van der Waals surface area (Å²) in [6.45, 7) is 5.36. The SMILES string of the molecule is CCN(CC)C(=O)C(Cl)c1ccc(C2CC2)cc1. The van der Waals surface area contributed by atoms with Gasteiger partial charge in [-0.05, 0) is 43.7 Å². The smallest absolute Gasteiger partial charge is 0.245 e. The van der Waals surface area contributed by atoms with Gasteiger partial charge in [0.1, 0.15) is 5.38 Å². The van der Waals surface area contributed by atoms with Crippen molar-refractivity contribution < 1.29 is 4.79 Å². The molecule has 1 aromatic carbocycles. The van der Waals surface area contributed by atoms with E-state index >= 15 is 0 Å². The fourth-order valence-electron chi connectivity index (χ4n) is 2.19. The molecule has 1 amide bonds. The van der Waals surface area contributed by atoms with E-state index in [2.05, 4.69) is 12.1 Å². The first kappa shape index (κ1) is 13.4. The molecule has 0 radical (unpaired) electrons. The first-order valence-corrected chi connectivity index (χ1v) is 7.13. The summed E-state index contributed by atoms with van der Waals surface area (Å²) in [6, 6.07) is 8.20. The zero-order chi connectivity index (χ0) is 13.1. The van der Waals surface area contributed by atoms with Crippen molar-refractivity contribution in [3.8, 4) is 0 Å². The van der Waals surface area contributed by atoms with Gasteiger partial charge in [-0.25, -0.2) is 0 Å². The third kappa shape index (κ3) is 2.86. The maximum atomic E-state index is 12.1. The highest BCUT2D eigenvalue weighted by Crippen LogP contribution is 2.40. The summed E-state index contributed by atoms with van der Waals surface area (Å²) in [6.07, 6.45) is 2.59. The van der Waals surface area contributed by atoms with Gasteiger partial charge in [0.15, 0.2) is 0 Å². The Balaban J connectivity index is 2.07. The second-order valence-electron chi connectivity index (χ2n) is 4.81. The normalized spacial score (nSPS) is 16.4. The molecule has 0 saturated heterocycles. The van der Waals surface area contributed by atoms with E-state index in [-0.39, 0.29) is 5.91 Å². The average molecular weight is 266 g/mol. The summed E-state index contributed by atoms with van der Waals surface area (Å²) >= 11 is 6.27.